The Labute approximate surface area is 96.1 Å². The lowest BCUT2D eigenvalue weighted by atomic mass is 9.94. The van der Waals surface area contributed by atoms with Crippen molar-refractivity contribution >= 4 is 6.08 Å². The van der Waals surface area contributed by atoms with Crippen molar-refractivity contribution in [1.29, 1.82) is 0 Å². The van der Waals surface area contributed by atoms with Crippen molar-refractivity contribution in [3.63, 3.8) is 0 Å². The van der Waals surface area contributed by atoms with E-state index in [0.717, 1.165) is 26.1 Å². The third-order valence-corrected chi connectivity index (χ3v) is 2.93. The lowest BCUT2D eigenvalue weighted by molar-refractivity contribution is 0.0843. The highest BCUT2D eigenvalue weighted by atomic mass is 16.5. The first-order valence-corrected chi connectivity index (χ1v) is 5.79. The summed E-state index contributed by atoms with van der Waals surface area (Å²) in [5.74, 6) is 0.535. The van der Waals surface area contributed by atoms with Gasteiger partial charge in [-0.15, -0.1) is 0 Å². The average molecular weight is 221 g/mol. The molecule has 0 unspecified atom stereocenters. The number of ether oxygens (including phenoxy) is 1. The summed E-state index contributed by atoms with van der Waals surface area (Å²) in [7, 11) is 1.96. The van der Waals surface area contributed by atoms with Crippen LogP contribution in [-0.2, 0) is 11.8 Å². The van der Waals surface area contributed by atoms with Crippen LogP contribution in [0, 0.1) is 0 Å². The highest BCUT2D eigenvalue weighted by Gasteiger charge is 2.20. The van der Waals surface area contributed by atoms with Gasteiger partial charge in [0.1, 0.15) is 0 Å². The number of aromatic nitrogens is 2. The van der Waals surface area contributed by atoms with Crippen molar-refractivity contribution in [2.75, 3.05) is 19.8 Å². The molecule has 4 nitrogen and oxygen atoms in total. The first-order chi connectivity index (χ1) is 7.81. The minimum atomic E-state index is 0.535. The Hall–Kier alpha value is -1.13. The van der Waals surface area contributed by atoms with E-state index in [1.54, 1.807) is 0 Å². The molecular weight excluding hydrogens is 202 g/mol. The molecule has 2 rings (SSSR count). The number of nitrogens with two attached hydrogens (primary N) is 1. The van der Waals surface area contributed by atoms with E-state index >= 15 is 0 Å². The van der Waals surface area contributed by atoms with Crippen LogP contribution in [0.2, 0.25) is 0 Å². The molecule has 0 amide bonds. The Bertz CT molecular complexity index is 364. The average Bonchev–Trinajstić information content (AvgIpc) is 2.69. The largest absolute Gasteiger partial charge is 0.381 e. The van der Waals surface area contributed by atoms with Crippen LogP contribution in [0.4, 0.5) is 0 Å². The summed E-state index contributed by atoms with van der Waals surface area (Å²) >= 11 is 0. The first-order valence-electron chi connectivity index (χ1n) is 5.79. The van der Waals surface area contributed by atoms with Gasteiger partial charge in [0.05, 0.1) is 5.69 Å². The fraction of sp³-hybridized carbons (Fsp3) is 0.583. The smallest absolute Gasteiger partial charge is 0.0729 e. The molecule has 1 aromatic heterocycles. The van der Waals surface area contributed by atoms with Gasteiger partial charge in [0.25, 0.3) is 0 Å². The molecule has 0 bridgehead atoms. The molecule has 2 N–H and O–H groups in total. The highest BCUT2D eigenvalue weighted by molar-refractivity contribution is 5.52. The molecule has 1 fully saturated rings. The summed E-state index contributed by atoms with van der Waals surface area (Å²) in [6.07, 6.45) is 8.23. The Morgan fingerprint density at radius 2 is 2.31 bits per heavy atom. The van der Waals surface area contributed by atoms with Gasteiger partial charge >= 0.3 is 0 Å². The Morgan fingerprint density at radius 3 is 3.00 bits per heavy atom. The van der Waals surface area contributed by atoms with Crippen LogP contribution in [0.3, 0.4) is 0 Å². The fourth-order valence-electron chi connectivity index (χ4n) is 2.14. The third kappa shape index (κ3) is 2.51. The Morgan fingerprint density at radius 1 is 1.56 bits per heavy atom. The molecule has 2 heterocycles. The molecule has 0 spiro atoms. The zero-order valence-electron chi connectivity index (χ0n) is 9.72. The Kier molecular flexibility index (Phi) is 3.74. The van der Waals surface area contributed by atoms with Gasteiger partial charge in [0.2, 0.25) is 0 Å². The van der Waals surface area contributed by atoms with E-state index < -0.39 is 0 Å². The predicted molar refractivity (Wildman–Crippen MR) is 64.1 cm³/mol. The van der Waals surface area contributed by atoms with E-state index in [2.05, 4.69) is 17.4 Å². The highest BCUT2D eigenvalue weighted by Crippen LogP contribution is 2.28. The second-order valence-corrected chi connectivity index (χ2v) is 4.17. The molecule has 0 aromatic carbocycles. The third-order valence-electron chi connectivity index (χ3n) is 2.93. The van der Waals surface area contributed by atoms with Gasteiger partial charge < -0.3 is 10.5 Å². The van der Waals surface area contributed by atoms with Gasteiger partial charge in [-0.05, 0) is 12.8 Å². The second-order valence-electron chi connectivity index (χ2n) is 4.17. The molecule has 1 aliphatic rings. The van der Waals surface area contributed by atoms with Gasteiger partial charge in [0.15, 0.2) is 0 Å². The quantitative estimate of drug-likeness (QED) is 0.836. The molecular formula is C12H19N3O. The molecule has 0 saturated carbocycles. The van der Waals surface area contributed by atoms with E-state index in [1.807, 2.05) is 17.8 Å². The zero-order chi connectivity index (χ0) is 11.4. The fourth-order valence-corrected chi connectivity index (χ4v) is 2.14. The van der Waals surface area contributed by atoms with Crippen molar-refractivity contribution in [2.24, 2.45) is 12.8 Å². The van der Waals surface area contributed by atoms with Crippen LogP contribution in [0.25, 0.3) is 6.08 Å². The van der Waals surface area contributed by atoms with Crippen LogP contribution in [0.1, 0.15) is 30.0 Å². The van der Waals surface area contributed by atoms with E-state index in [0.29, 0.717) is 12.5 Å². The van der Waals surface area contributed by atoms with E-state index in [1.165, 1.54) is 11.3 Å². The lowest BCUT2D eigenvalue weighted by Gasteiger charge is -2.20. The molecule has 0 atom stereocenters. The zero-order valence-corrected chi connectivity index (χ0v) is 9.72. The second kappa shape index (κ2) is 5.27. The number of hydrogen-bond donors (Lipinski definition) is 1. The monoisotopic (exact) mass is 221 g/mol. The molecule has 16 heavy (non-hydrogen) atoms. The summed E-state index contributed by atoms with van der Waals surface area (Å²) in [6, 6.07) is 0. The summed E-state index contributed by atoms with van der Waals surface area (Å²) in [5.41, 5.74) is 7.86. The summed E-state index contributed by atoms with van der Waals surface area (Å²) < 4.78 is 7.25. The standard InChI is InChI=1S/C12H19N3O/c1-15-9-11(3-2-6-13)12(14-15)10-4-7-16-8-5-10/h2-3,9-10H,4-8,13H2,1H3/b3-2+. The van der Waals surface area contributed by atoms with E-state index in [4.69, 9.17) is 10.5 Å². The van der Waals surface area contributed by atoms with Crippen LogP contribution >= 0.6 is 0 Å². The number of hydrogen-bond acceptors (Lipinski definition) is 3. The number of nitrogens with zero attached hydrogens (tertiary/aromatic N) is 2. The summed E-state index contributed by atoms with van der Waals surface area (Å²) in [5, 5.41) is 4.56. The van der Waals surface area contributed by atoms with Gasteiger partial charge in [-0.2, -0.15) is 5.10 Å². The maximum Gasteiger partial charge on any atom is 0.0729 e. The number of aryl methyl sites for hydroxylation is 1. The normalized spacial score (nSPS) is 18.4. The summed E-state index contributed by atoms with van der Waals surface area (Å²) in [6.45, 7) is 2.27. The van der Waals surface area contributed by atoms with Crippen LogP contribution in [0.15, 0.2) is 12.3 Å². The van der Waals surface area contributed by atoms with Crippen molar-refractivity contribution in [1.82, 2.24) is 9.78 Å². The Balaban J connectivity index is 2.20. The molecule has 0 aliphatic carbocycles. The molecule has 88 valence electrons. The van der Waals surface area contributed by atoms with E-state index in [9.17, 15) is 0 Å². The minimum absolute atomic E-state index is 0.535. The lowest BCUT2D eigenvalue weighted by Crippen LogP contribution is -2.15. The molecule has 1 aromatic rings. The topological polar surface area (TPSA) is 53.1 Å². The van der Waals surface area contributed by atoms with Gasteiger partial charge in [0, 0.05) is 44.5 Å². The van der Waals surface area contributed by atoms with Crippen LogP contribution < -0.4 is 5.73 Å². The van der Waals surface area contributed by atoms with Crippen molar-refractivity contribution in [3.05, 3.63) is 23.5 Å². The van der Waals surface area contributed by atoms with Crippen molar-refractivity contribution in [3.8, 4) is 0 Å². The van der Waals surface area contributed by atoms with Crippen LogP contribution in [0.5, 0.6) is 0 Å². The molecule has 1 aliphatic heterocycles. The predicted octanol–water partition coefficient (Wildman–Crippen LogP) is 1.29. The number of rotatable bonds is 3. The van der Waals surface area contributed by atoms with Crippen molar-refractivity contribution in [2.45, 2.75) is 18.8 Å². The van der Waals surface area contributed by atoms with E-state index in [-0.39, 0.29) is 0 Å². The first kappa shape index (κ1) is 11.4. The minimum Gasteiger partial charge on any atom is -0.381 e. The van der Waals surface area contributed by atoms with Crippen molar-refractivity contribution < 1.29 is 4.74 Å². The molecule has 1 saturated heterocycles. The van der Waals surface area contributed by atoms with Gasteiger partial charge in [-0.1, -0.05) is 12.2 Å². The maximum atomic E-state index is 5.48. The SMILES string of the molecule is Cn1cc(/C=C/CN)c(C2CCOCC2)n1. The molecule has 4 heteroatoms. The maximum absolute atomic E-state index is 5.48. The summed E-state index contributed by atoms with van der Waals surface area (Å²) in [4.78, 5) is 0. The van der Waals surface area contributed by atoms with Crippen LogP contribution in [-0.4, -0.2) is 29.5 Å². The van der Waals surface area contributed by atoms with Gasteiger partial charge in [-0.25, -0.2) is 0 Å². The van der Waals surface area contributed by atoms with Gasteiger partial charge in [-0.3, -0.25) is 4.68 Å². The molecule has 0 radical (unpaired) electrons.